The Balaban J connectivity index is 1.47. The van der Waals surface area contributed by atoms with Gasteiger partial charge in [0.2, 0.25) is 0 Å². The number of piperidine rings is 1. The molecule has 0 radical (unpaired) electrons. The second-order valence-electron chi connectivity index (χ2n) is 7.13. The fourth-order valence-corrected chi connectivity index (χ4v) is 3.85. The Morgan fingerprint density at radius 3 is 2.57 bits per heavy atom. The molecule has 3 heterocycles. The van der Waals surface area contributed by atoms with E-state index in [1.807, 2.05) is 28.8 Å². The van der Waals surface area contributed by atoms with E-state index >= 15 is 0 Å². The maximum absolute atomic E-state index is 4.69. The number of benzene rings is 2. The van der Waals surface area contributed by atoms with Crippen LogP contribution < -0.4 is 10.2 Å². The van der Waals surface area contributed by atoms with E-state index in [4.69, 9.17) is 4.98 Å². The van der Waals surface area contributed by atoms with Gasteiger partial charge in [-0.1, -0.05) is 48.5 Å². The molecule has 140 valence electrons. The average molecular weight is 370 g/mol. The highest BCUT2D eigenvalue weighted by Gasteiger charge is 2.23. The molecule has 1 fully saturated rings. The van der Waals surface area contributed by atoms with E-state index in [1.165, 1.54) is 5.69 Å². The summed E-state index contributed by atoms with van der Waals surface area (Å²) in [5.41, 5.74) is 3.18. The lowest BCUT2D eigenvalue weighted by Crippen LogP contribution is -2.43. The van der Waals surface area contributed by atoms with Crippen LogP contribution in [0.5, 0.6) is 0 Å². The first-order valence-corrected chi connectivity index (χ1v) is 9.69. The lowest BCUT2D eigenvalue weighted by atomic mass is 10.0. The zero-order valence-corrected chi connectivity index (χ0v) is 15.6. The molecule has 1 aliphatic heterocycles. The molecule has 1 N–H and O–H groups in total. The van der Waals surface area contributed by atoms with Crippen molar-refractivity contribution in [3.05, 3.63) is 73.1 Å². The SMILES string of the molecule is c1ccc(NC2CCCN(c3cc(-c4ccccc4)nc4ncnn34)C2)cc1. The molecule has 1 aliphatic rings. The van der Waals surface area contributed by atoms with E-state index in [1.54, 1.807) is 6.33 Å². The van der Waals surface area contributed by atoms with Crippen LogP contribution in [-0.4, -0.2) is 38.7 Å². The van der Waals surface area contributed by atoms with Gasteiger partial charge in [-0.15, -0.1) is 0 Å². The lowest BCUT2D eigenvalue weighted by molar-refractivity contribution is 0.523. The summed E-state index contributed by atoms with van der Waals surface area (Å²) in [4.78, 5) is 11.4. The quantitative estimate of drug-likeness (QED) is 0.591. The second-order valence-corrected chi connectivity index (χ2v) is 7.13. The normalized spacial score (nSPS) is 17.0. The number of para-hydroxylation sites is 1. The fraction of sp³-hybridized carbons (Fsp3) is 0.227. The van der Waals surface area contributed by atoms with Gasteiger partial charge in [-0.25, -0.2) is 4.98 Å². The van der Waals surface area contributed by atoms with Gasteiger partial charge in [0, 0.05) is 36.4 Å². The molecular formula is C22H22N6. The molecule has 1 atom stereocenters. The predicted octanol–water partition coefficient (Wildman–Crippen LogP) is 3.87. The standard InChI is InChI=1S/C22H22N6/c1-3-8-17(9-4-1)20-14-21(28-22(26-20)23-16-24-28)27-13-7-12-19(15-27)25-18-10-5-2-6-11-18/h1-6,8-11,14,16,19,25H,7,12-13,15H2. The third kappa shape index (κ3) is 3.29. The monoisotopic (exact) mass is 370 g/mol. The number of aromatic nitrogens is 4. The van der Waals surface area contributed by atoms with Gasteiger partial charge in [0.1, 0.15) is 12.1 Å². The molecule has 6 nitrogen and oxygen atoms in total. The van der Waals surface area contributed by atoms with Crippen molar-refractivity contribution in [3.8, 4) is 11.3 Å². The Morgan fingerprint density at radius 2 is 1.75 bits per heavy atom. The third-order valence-electron chi connectivity index (χ3n) is 5.19. The first-order valence-electron chi connectivity index (χ1n) is 9.69. The number of nitrogens with zero attached hydrogens (tertiary/aromatic N) is 5. The third-order valence-corrected chi connectivity index (χ3v) is 5.19. The van der Waals surface area contributed by atoms with E-state index in [-0.39, 0.29) is 0 Å². The lowest BCUT2D eigenvalue weighted by Gasteiger charge is -2.35. The summed E-state index contributed by atoms with van der Waals surface area (Å²) in [7, 11) is 0. The Kier molecular flexibility index (Phi) is 4.37. The minimum Gasteiger partial charge on any atom is -0.381 e. The Morgan fingerprint density at radius 1 is 0.964 bits per heavy atom. The highest BCUT2D eigenvalue weighted by molar-refractivity contribution is 5.66. The first-order chi connectivity index (χ1) is 13.9. The van der Waals surface area contributed by atoms with E-state index in [0.29, 0.717) is 11.8 Å². The van der Waals surface area contributed by atoms with E-state index in [9.17, 15) is 0 Å². The van der Waals surface area contributed by atoms with Crippen molar-refractivity contribution < 1.29 is 0 Å². The van der Waals surface area contributed by atoms with Crippen LogP contribution in [-0.2, 0) is 0 Å². The summed E-state index contributed by atoms with van der Waals surface area (Å²) in [6, 6.07) is 23.2. The van der Waals surface area contributed by atoms with E-state index in [2.05, 4.69) is 62.8 Å². The minimum absolute atomic E-state index is 0.392. The summed E-state index contributed by atoms with van der Waals surface area (Å²) >= 11 is 0. The van der Waals surface area contributed by atoms with Crippen molar-refractivity contribution >= 4 is 17.3 Å². The van der Waals surface area contributed by atoms with Gasteiger partial charge in [-0.05, 0) is 25.0 Å². The van der Waals surface area contributed by atoms with Crippen LogP contribution in [0.2, 0.25) is 0 Å². The summed E-state index contributed by atoms with van der Waals surface area (Å²) < 4.78 is 1.84. The van der Waals surface area contributed by atoms with Crippen LogP contribution in [0.15, 0.2) is 73.1 Å². The van der Waals surface area contributed by atoms with Crippen LogP contribution >= 0.6 is 0 Å². The molecule has 4 aromatic rings. The molecule has 2 aromatic heterocycles. The van der Waals surface area contributed by atoms with Crippen molar-refractivity contribution in [2.45, 2.75) is 18.9 Å². The number of rotatable bonds is 4. The van der Waals surface area contributed by atoms with Crippen molar-refractivity contribution in [3.63, 3.8) is 0 Å². The molecule has 2 aromatic carbocycles. The summed E-state index contributed by atoms with van der Waals surface area (Å²) in [6.45, 7) is 1.92. The predicted molar refractivity (Wildman–Crippen MR) is 112 cm³/mol. The number of fused-ring (bicyclic) bond motifs is 1. The van der Waals surface area contributed by atoms with E-state index in [0.717, 1.165) is 43.0 Å². The number of hydrogen-bond donors (Lipinski definition) is 1. The Bertz CT molecular complexity index is 1060. The van der Waals surface area contributed by atoms with Crippen LogP contribution in [0.25, 0.3) is 17.0 Å². The average Bonchev–Trinajstić information content (AvgIpc) is 3.23. The zero-order chi connectivity index (χ0) is 18.8. The maximum atomic E-state index is 4.69. The summed E-state index contributed by atoms with van der Waals surface area (Å²) in [5.74, 6) is 1.68. The highest BCUT2D eigenvalue weighted by atomic mass is 15.4. The minimum atomic E-state index is 0.392. The van der Waals surface area contributed by atoms with Gasteiger partial charge in [-0.3, -0.25) is 0 Å². The zero-order valence-electron chi connectivity index (χ0n) is 15.6. The van der Waals surface area contributed by atoms with Gasteiger partial charge >= 0.3 is 0 Å². The van der Waals surface area contributed by atoms with Crippen LogP contribution in [0, 0.1) is 0 Å². The number of anilines is 2. The molecule has 0 bridgehead atoms. The largest absolute Gasteiger partial charge is 0.381 e. The van der Waals surface area contributed by atoms with Gasteiger partial charge in [0.15, 0.2) is 0 Å². The molecule has 28 heavy (non-hydrogen) atoms. The van der Waals surface area contributed by atoms with Crippen molar-refractivity contribution in [1.29, 1.82) is 0 Å². The molecular weight excluding hydrogens is 348 g/mol. The van der Waals surface area contributed by atoms with Crippen molar-refractivity contribution in [1.82, 2.24) is 19.6 Å². The van der Waals surface area contributed by atoms with Crippen molar-refractivity contribution in [2.75, 3.05) is 23.3 Å². The van der Waals surface area contributed by atoms with Gasteiger partial charge < -0.3 is 10.2 Å². The first kappa shape index (κ1) is 16.7. The summed E-state index contributed by atoms with van der Waals surface area (Å²) in [5, 5.41) is 8.08. The van der Waals surface area contributed by atoms with Crippen LogP contribution in [0.1, 0.15) is 12.8 Å². The molecule has 5 rings (SSSR count). The van der Waals surface area contributed by atoms with Gasteiger partial charge in [-0.2, -0.15) is 14.6 Å². The van der Waals surface area contributed by atoms with Gasteiger partial charge in [0.05, 0.1) is 5.69 Å². The molecule has 1 unspecified atom stereocenters. The number of nitrogens with one attached hydrogen (secondary N) is 1. The number of hydrogen-bond acceptors (Lipinski definition) is 5. The highest BCUT2D eigenvalue weighted by Crippen LogP contribution is 2.26. The smallest absolute Gasteiger partial charge is 0.254 e. The summed E-state index contributed by atoms with van der Waals surface area (Å²) in [6.07, 6.45) is 3.86. The fourth-order valence-electron chi connectivity index (χ4n) is 3.85. The second kappa shape index (κ2) is 7.31. The molecule has 1 saturated heterocycles. The molecule has 0 amide bonds. The molecule has 0 aliphatic carbocycles. The molecule has 0 saturated carbocycles. The maximum Gasteiger partial charge on any atom is 0.254 e. The Hall–Kier alpha value is -3.41. The van der Waals surface area contributed by atoms with Gasteiger partial charge in [0.25, 0.3) is 5.78 Å². The Labute approximate surface area is 163 Å². The van der Waals surface area contributed by atoms with Crippen molar-refractivity contribution in [2.24, 2.45) is 0 Å². The topological polar surface area (TPSA) is 58.3 Å². The van der Waals surface area contributed by atoms with Crippen LogP contribution in [0.3, 0.4) is 0 Å². The molecule has 0 spiro atoms. The molecule has 6 heteroatoms. The van der Waals surface area contributed by atoms with Crippen LogP contribution in [0.4, 0.5) is 11.5 Å². The van der Waals surface area contributed by atoms with E-state index < -0.39 is 0 Å².